The SMILES string of the molecule is CCN=C(NC1CC(OCC)C12CCC2)NC(C)(C)C.I. The van der Waals surface area contributed by atoms with E-state index in [4.69, 9.17) is 4.74 Å². The second-order valence-electron chi connectivity index (χ2n) is 7.16. The van der Waals surface area contributed by atoms with Crippen LogP contribution in [-0.2, 0) is 4.74 Å². The van der Waals surface area contributed by atoms with Crippen molar-refractivity contribution in [2.24, 2.45) is 10.4 Å². The summed E-state index contributed by atoms with van der Waals surface area (Å²) in [5, 5.41) is 7.14. The molecule has 2 aliphatic rings. The molecule has 1 spiro atoms. The van der Waals surface area contributed by atoms with Gasteiger partial charge in [0, 0.05) is 30.1 Å². The van der Waals surface area contributed by atoms with Gasteiger partial charge in [0.05, 0.1) is 6.10 Å². The Morgan fingerprint density at radius 1 is 1.29 bits per heavy atom. The smallest absolute Gasteiger partial charge is 0.191 e. The number of aliphatic imine (C=N–C) groups is 1. The first kappa shape index (κ1) is 19.0. The van der Waals surface area contributed by atoms with E-state index in [-0.39, 0.29) is 29.5 Å². The normalized spacial score (nSPS) is 27.4. The predicted molar refractivity (Wildman–Crippen MR) is 99.5 cm³/mol. The second-order valence-corrected chi connectivity index (χ2v) is 7.16. The van der Waals surface area contributed by atoms with Gasteiger partial charge in [0.2, 0.25) is 0 Å². The number of rotatable bonds is 4. The maximum atomic E-state index is 5.91. The highest BCUT2D eigenvalue weighted by molar-refractivity contribution is 14.0. The second kappa shape index (κ2) is 7.49. The fraction of sp³-hybridized carbons (Fsp3) is 0.938. The van der Waals surface area contributed by atoms with Gasteiger partial charge in [-0.15, -0.1) is 24.0 Å². The van der Waals surface area contributed by atoms with Gasteiger partial charge in [0.25, 0.3) is 0 Å². The lowest BCUT2D eigenvalue weighted by Gasteiger charge is -2.61. The van der Waals surface area contributed by atoms with Crippen LogP contribution in [-0.4, -0.2) is 36.8 Å². The van der Waals surface area contributed by atoms with Crippen LogP contribution in [0.4, 0.5) is 0 Å². The lowest BCUT2D eigenvalue weighted by atomic mass is 9.51. The molecule has 0 heterocycles. The molecule has 2 atom stereocenters. The number of halogens is 1. The van der Waals surface area contributed by atoms with Gasteiger partial charge >= 0.3 is 0 Å². The number of nitrogens with one attached hydrogen (secondary N) is 2. The van der Waals surface area contributed by atoms with Crippen LogP contribution >= 0.6 is 24.0 Å². The Balaban J connectivity index is 0.00000220. The van der Waals surface area contributed by atoms with Gasteiger partial charge in [0.15, 0.2) is 5.96 Å². The van der Waals surface area contributed by atoms with Gasteiger partial charge in [0.1, 0.15) is 0 Å². The summed E-state index contributed by atoms with van der Waals surface area (Å²) in [6, 6.07) is 0.521. The van der Waals surface area contributed by atoms with Gasteiger partial charge in [-0.3, -0.25) is 4.99 Å². The Labute approximate surface area is 146 Å². The van der Waals surface area contributed by atoms with Gasteiger partial charge in [-0.05, 0) is 53.9 Å². The molecule has 0 aromatic carbocycles. The minimum atomic E-state index is 0. The Morgan fingerprint density at radius 2 is 1.95 bits per heavy atom. The van der Waals surface area contributed by atoms with Crippen LogP contribution in [0.1, 0.15) is 60.3 Å². The fourth-order valence-electron chi connectivity index (χ4n) is 3.44. The molecule has 0 amide bonds. The minimum Gasteiger partial charge on any atom is -0.378 e. The minimum absolute atomic E-state index is 0. The average Bonchev–Trinajstić information content (AvgIpc) is 2.23. The first-order valence-corrected chi connectivity index (χ1v) is 8.12. The summed E-state index contributed by atoms with van der Waals surface area (Å²) in [7, 11) is 0. The molecule has 0 aromatic heterocycles. The van der Waals surface area contributed by atoms with Crippen LogP contribution in [0.5, 0.6) is 0 Å². The summed E-state index contributed by atoms with van der Waals surface area (Å²) in [6.07, 6.45) is 5.50. The fourth-order valence-corrected chi connectivity index (χ4v) is 3.44. The number of guanidine groups is 1. The summed E-state index contributed by atoms with van der Waals surface area (Å²) in [5.74, 6) is 0.950. The highest BCUT2D eigenvalue weighted by Gasteiger charge is 2.59. The van der Waals surface area contributed by atoms with Crippen LogP contribution in [0.15, 0.2) is 4.99 Å². The van der Waals surface area contributed by atoms with Crippen molar-refractivity contribution >= 4 is 29.9 Å². The Morgan fingerprint density at radius 3 is 2.38 bits per heavy atom. The third kappa shape index (κ3) is 4.24. The Kier molecular flexibility index (Phi) is 6.78. The molecule has 0 radical (unpaired) electrons. The molecule has 0 saturated heterocycles. The monoisotopic (exact) mass is 409 g/mol. The van der Waals surface area contributed by atoms with Crippen molar-refractivity contribution in [2.45, 2.75) is 78.0 Å². The molecule has 2 fully saturated rings. The molecule has 124 valence electrons. The van der Waals surface area contributed by atoms with Gasteiger partial charge in [-0.1, -0.05) is 6.42 Å². The van der Waals surface area contributed by atoms with E-state index < -0.39 is 0 Å². The van der Waals surface area contributed by atoms with E-state index in [0.717, 1.165) is 25.5 Å². The zero-order valence-corrected chi connectivity index (χ0v) is 16.5. The maximum absolute atomic E-state index is 5.91. The summed E-state index contributed by atoms with van der Waals surface area (Å²) < 4.78 is 5.91. The Hall–Kier alpha value is -0.0400. The van der Waals surface area contributed by atoms with Crippen LogP contribution in [0.2, 0.25) is 0 Å². The molecule has 2 aliphatic carbocycles. The average molecular weight is 409 g/mol. The highest BCUT2D eigenvalue weighted by atomic mass is 127. The van der Waals surface area contributed by atoms with Gasteiger partial charge in [-0.2, -0.15) is 0 Å². The topological polar surface area (TPSA) is 45.7 Å². The zero-order valence-electron chi connectivity index (χ0n) is 14.2. The van der Waals surface area contributed by atoms with Crippen molar-refractivity contribution < 1.29 is 4.74 Å². The van der Waals surface area contributed by atoms with Gasteiger partial charge < -0.3 is 15.4 Å². The standard InChI is InChI=1S/C16H31N3O.HI/c1-6-17-14(19-15(3,4)5)18-12-11-13(20-7-2)16(12)9-8-10-16;/h12-13H,6-11H2,1-5H3,(H2,17,18,19);1H. The molecule has 2 rings (SSSR count). The van der Waals surface area contributed by atoms with Crippen molar-refractivity contribution in [1.82, 2.24) is 10.6 Å². The third-order valence-corrected chi connectivity index (χ3v) is 4.56. The zero-order chi connectivity index (χ0) is 14.8. The van der Waals surface area contributed by atoms with Crippen molar-refractivity contribution in [3.8, 4) is 0 Å². The highest BCUT2D eigenvalue weighted by Crippen LogP contribution is 2.57. The Bertz CT molecular complexity index is 361. The molecule has 0 aliphatic heterocycles. The molecule has 2 N–H and O–H groups in total. The van der Waals surface area contributed by atoms with E-state index in [1.807, 2.05) is 0 Å². The van der Waals surface area contributed by atoms with Crippen LogP contribution in [0, 0.1) is 5.41 Å². The van der Waals surface area contributed by atoms with Crippen molar-refractivity contribution in [3.63, 3.8) is 0 Å². The number of hydrogen-bond acceptors (Lipinski definition) is 2. The van der Waals surface area contributed by atoms with E-state index in [0.29, 0.717) is 17.6 Å². The lowest BCUT2D eigenvalue weighted by Crippen LogP contribution is -2.69. The number of ether oxygens (including phenoxy) is 1. The van der Waals surface area contributed by atoms with E-state index in [9.17, 15) is 0 Å². The summed E-state index contributed by atoms with van der Waals surface area (Å²) in [4.78, 5) is 4.58. The molecule has 4 nitrogen and oxygen atoms in total. The van der Waals surface area contributed by atoms with Crippen LogP contribution < -0.4 is 10.6 Å². The number of nitrogens with zero attached hydrogens (tertiary/aromatic N) is 1. The first-order valence-electron chi connectivity index (χ1n) is 8.12. The first-order chi connectivity index (χ1) is 9.41. The summed E-state index contributed by atoms with van der Waals surface area (Å²) >= 11 is 0. The quantitative estimate of drug-likeness (QED) is 0.426. The summed E-state index contributed by atoms with van der Waals surface area (Å²) in [6.45, 7) is 12.3. The van der Waals surface area contributed by atoms with E-state index in [1.165, 1.54) is 19.3 Å². The molecular weight excluding hydrogens is 377 g/mol. The van der Waals surface area contributed by atoms with E-state index in [2.05, 4.69) is 50.2 Å². The van der Waals surface area contributed by atoms with Crippen LogP contribution in [0.3, 0.4) is 0 Å². The van der Waals surface area contributed by atoms with E-state index in [1.54, 1.807) is 0 Å². The van der Waals surface area contributed by atoms with Crippen molar-refractivity contribution in [3.05, 3.63) is 0 Å². The molecule has 2 unspecified atom stereocenters. The molecule has 0 bridgehead atoms. The van der Waals surface area contributed by atoms with Gasteiger partial charge in [-0.25, -0.2) is 0 Å². The third-order valence-electron chi connectivity index (χ3n) is 4.56. The number of hydrogen-bond donors (Lipinski definition) is 2. The lowest BCUT2D eigenvalue weighted by molar-refractivity contribution is -0.168. The van der Waals surface area contributed by atoms with Crippen molar-refractivity contribution in [2.75, 3.05) is 13.2 Å². The van der Waals surface area contributed by atoms with E-state index >= 15 is 0 Å². The maximum Gasteiger partial charge on any atom is 0.191 e. The largest absolute Gasteiger partial charge is 0.378 e. The molecule has 0 aromatic rings. The molecule has 2 saturated carbocycles. The van der Waals surface area contributed by atoms with Crippen LogP contribution in [0.25, 0.3) is 0 Å². The van der Waals surface area contributed by atoms with Crippen molar-refractivity contribution in [1.29, 1.82) is 0 Å². The predicted octanol–water partition coefficient (Wildman–Crippen LogP) is 3.31. The molecule has 5 heteroatoms. The molecular formula is C16H32IN3O. The molecule has 21 heavy (non-hydrogen) atoms. The summed E-state index contributed by atoms with van der Waals surface area (Å²) in [5.41, 5.74) is 0.418.